The van der Waals surface area contributed by atoms with Crippen molar-refractivity contribution in [3.63, 3.8) is 0 Å². The number of nitrogens with zero attached hydrogens (tertiary/aromatic N) is 2. The van der Waals surface area contributed by atoms with Crippen LogP contribution in [0.1, 0.15) is 88.0 Å². The Labute approximate surface area is 172 Å². The average Bonchev–Trinajstić information content (AvgIpc) is 3.02. The van der Waals surface area contributed by atoms with E-state index in [1.807, 2.05) is 6.08 Å². The van der Waals surface area contributed by atoms with E-state index in [1.54, 1.807) is 13.1 Å². The van der Waals surface area contributed by atoms with Gasteiger partial charge >= 0.3 is 11.9 Å². The van der Waals surface area contributed by atoms with E-state index in [2.05, 4.69) is 11.9 Å². The number of carboxylic acid groups (broad SMARTS) is 2. The van der Waals surface area contributed by atoms with Crippen LogP contribution in [0.15, 0.2) is 23.5 Å². The van der Waals surface area contributed by atoms with Gasteiger partial charge in [0.1, 0.15) is 10.9 Å². The molecule has 1 rings (SSSR count). The monoisotopic (exact) mass is 410 g/mol. The number of allylic oxidation sites excluding steroid dienone is 1. The summed E-state index contributed by atoms with van der Waals surface area (Å²) in [6.45, 7) is 2.24. The lowest BCUT2D eigenvalue weighted by molar-refractivity contribution is -0.135. The Hall–Kier alpha value is -1.76. The third kappa shape index (κ3) is 9.44. The van der Waals surface area contributed by atoms with Crippen LogP contribution in [0.4, 0.5) is 0 Å². The lowest BCUT2D eigenvalue weighted by Gasteiger charge is -2.08. The molecular weight excluding hydrogens is 376 g/mol. The summed E-state index contributed by atoms with van der Waals surface area (Å²) < 4.78 is 1.40. The van der Waals surface area contributed by atoms with E-state index in [0.29, 0.717) is 5.16 Å². The highest BCUT2D eigenvalue weighted by atomic mass is 32.2. The second-order valence-corrected chi connectivity index (χ2v) is 8.17. The summed E-state index contributed by atoms with van der Waals surface area (Å²) in [6, 6.07) is 0. The summed E-state index contributed by atoms with van der Waals surface area (Å²) >= 11 is 1.05. The third-order valence-electron chi connectivity index (χ3n) is 4.68. The minimum absolute atomic E-state index is 0.0426. The van der Waals surface area contributed by atoms with E-state index >= 15 is 0 Å². The molecule has 7 heteroatoms. The Morgan fingerprint density at radius 3 is 2.14 bits per heavy atom. The Balaban J connectivity index is 2.25. The Kier molecular flexibility index (Phi) is 12.4. The molecule has 0 aliphatic heterocycles. The van der Waals surface area contributed by atoms with E-state index < -0.39 is 17.2 Å². The van der Waals surface area contributed by atoms with Crippen molar-refractivity contribution in [3.05, 3.63) is 24.0 Å². The number of hydrogen-bond acceptors (Lipinski definition) is 4. The molecule has 0 bridgehead atoms. The minimum atomic E-state index is -1.08. The van der Waals surface area contributed by atoms with Crippen molar-refractivity contribution in [1.82, 2.24) is 9.55 Å². The van der Waals surface area contributed by atoms with Gasteiger partial charge < -0.3 is 14.8 Å². The van der Waals surface area contributed by atoms with Crippen LogP contribution in [0.25, 0.3) is 0 Å². The highest BCUT2D eigenvalue weighted by Gasteiger charge is 2.20. The molecule has 2 N–H and O–H groups in total. The van der Waals surface area contributed by atoms with Gasteiger partial charge in [0.25, 0.3) is 0 Å². The molecule has 28 heavy (non-hydrogen) atoms. The molecule has 0 saturated heterocycles. The zero-order valence-electron chi connectivity index (χ0n) is 17.1. The van der Waals surface area contributed by atoms with Crippen molar-refractivity contribution >= 4 is 23.7 Å². The quantitative estimate of drug-likeness (QED) is 0.211. The zero-order chi connectivity index (χ0) is 20.8. The summed E-state index contributed by atoms with van der Waals surface area (Å²) in [4.78, 5) is 26.5. The number of carboxylic acids is 2. The molecule has 0 aromatic carbocycles. The van der Waals surface area contributed by atoms with Crippen molar-refractivity contribution in [1.29, 1.82) is 0 Å². The molecule has 0 fully saturated rings. The lowest BCUT2D eigenvalue weighted by Crippen LogP contribution is -2.14. The standard InChI is InChI=1S/C21H34N2O4S/c1-3-4-5-6-7-8-9-10-11-12-13-14-15-18(20(26)27)28-21-22-16-17(19(24)25)23(21)2/h14-16,18H,3-13H2,1-2H3,(H,24,25)(H,26,27)/b15-14-. The molecule has 0 radical (unpaired) electrons. The minimum Gasteiger partial charge on any atom is -0.480 e. The van der Waals surface area contributed by atoms with Gasteiger partial charge in [-0.25, -0.2) is 9.78 Å². The topological polar surface area (TPSA) is 92.4 Å². The molecule has 0 spiro atoms. The number of carbonyl (C=O) groups is 2. The number of aliphatic carboxylic acids is 1. The van der Waals surface area contributed by atoms with Gasteiger partial charge in [0.15, 0.2) is 5.16 Å². The van der Waals surface area contributed by atoms with Gasteiger partial charge in [0, 0.05) is 7.05 Å². The number of unbranched alkanes of at least 4 members (excludes halogenated alkanes) is 10. The summed E-state index contributed by atoms with van der Waals surface area (Å²) in [5.74, 6) is -2.03. The van der Waals surface area contributed by atoms with Crippen molar-refractivity contribution in [3.8, 4) is 0 Å². The van der Waals surface area contributed by atoms with Crippen LogP contribution in [-0.4, -0.2) is 37.0 Å². The predicted molar refractivity (Wildman–Crippen MR) is 113 cm³/mol. The highest BCUT2D eigenvalue weighted by Crippen LogP contribution is 2.24. The first kappa shape index (κ1) is 24.3. The molecule has 1 aromatic heterocycles. The molecule has 158 valence electrons. The maximum absolute atomic E-state index is 11.5. The SMILES string of the molecule is CCCCCCCCCCCC/C=C\C(Sc1ncc(C(=O)O)n1C)C(=O)O. The first-order valence-corrected chi connectivity index (χ1v) is 11.2. The van der Waals surface area contributed by atoms with Crippen LogP contribution in [0, 0.1) is 0 Å². The number of thioether (sulfide) groups is 1. The molecule has 1 aromatic rings. The normalized spacial score (nSPS) is 12.5. The van der Waals surface area contributed by atoms with E-state index in [4.69, 9.17) is 5.11 Å². The molecule has 1 unspecified atom stereocenters. The number of hydrogen-bond donors (Lipinski definition) is 2. The van der Waals surface area contributed by atoms with Crippen LogP contribution in [0.3, 0.4) is 0 Å². The number of aromatic carboxylic acids is 1. The second-order valence-electron chi connectivity index (χ2n) is 7.07. The maximum Gasteiger partial charge on any atom is 0.354 e. The second kappa shape index (κ2) is 14.3. The summed E-state index contributed by atoms with van der Waals surface area (Å²) in [6.07, 6.45) is 18.5. The van der Waals surface area contributed by atoms with Crippen LogP contribution in [0.5, 0.6) is 0 Å². The van der Waals surface area contributed by atoms with Gasteiger partial charge in [-0.1, -0.05) is 88.6 Å². The van der Waals surface area contributed by atoms with E-state index in [1.165, 1.54) is 68.6 Å². The smallest absolute Gasteiger partial charge is 0.354 e. The van der Waals surface area contributed by atoms with Gasteiger partial charge in [0.2, 0.25) is 0 Å². The summed E-state index contributed by atoms with van der Waals surface area (Å²) in [7, 11) is 1.57. The number of rotatable bonds is 16. The van der Waals surface area contributed by atoms with Crippen molar-refractivity contribution in [2.24, 2.45) is 7.05 Å². The highest BCUT2D eigenvalue weighted by molar-refractivity contribution is 8.00. The van der Waals surface area contributed by atoms with Gasteiger partial charge in [-0.15, -0.1) is 0 Å². The average molecular weight is 411 g/mol. The van der Waals surface area contributed by atoms with Gasteiger partial charge in [0.05, 0.1) is 6.20 Å². The van der Waals surface area contributed by atoms with Crippen LogP contribution in [0.2, 0.25) is 0 Å². The van der Waals surface area contributed by atoms with E-state index in [9.17, 15) is 14.7 Å². The third-order valence-corrected chi connectivity index (χ3v) is 5.88. The molecule has 6 nitrogen and oxygen atoms in total. The Bertz CT molecular complexity index is 628. The van der Waals surface area contributed by atoms with E-state index in [-0.39, 0.29) is 5.69 Å². The molecule has 1 heterocycles. The van der Waals surface area contributed by atoms with Gasteiger partial charge in [-0.3, -0.25) is 4.79 Å². The molecule has 1 atom stereocenters. The van der Waals surface area contributed by atoms with Gasteiger partial charge in [-0.05, 0) is 12.8 Å². The van der Waals surface area contributed by atoms with E-state index in [0.717, 1.165) is 24.6 Å². The molecule has 0 aliphatic rings. The zero-order valence-corrected chi connectivity index (χ0v) is 17.9. The first-order chi connectivity index (χ1) is 13.5. The molecule has 0 aliphatic carbocycles. The fourth-order valence-corrected chi connectivity index (χ4v) is 3.84. The van der Waals surface area contributed by atoms with Crippen LogP contribution in [-0.2, 0) is 11.8 Å². The number of aromatic nitrogens is 2. The largest absolute Gasteiger partial charge is 0.480 e. The molecular formula is C21H34N2O4S. The number of imidazole rings is 1. The van der Waals surface area contributed by atoms with Crippen LogP contribution < -0.4 is 0 Å². The van der Waals surface area contributed by atoms with Crippen molar-refractivity contribution < 1.29 is 19.8 Å². The fraction of sp³-hybridized carbons (Fsp3) is 0.667. The predicted octanol–water partition coefficient (Wildman–Crippen LogP) is 5.53. The first-order valence-electron chi connectivity index (χ1n) is 10.3. The van der Waals surface area contributed by atoms with Crippen molar-refractivity contribution in [2.45, 2.75) is 88.0 Å². The summed E-state index contributed by atoms with van der Waals surface area (Å²) in [5, 5.41) is 18.1. The fourth-order valence-electron chi connectivity index (χ4n) is 2.96. The maximum atomic E-state index is 11.5. The van der Waals surface area contributed by atoms with Gasteiger partial charge in [-0.2, -0.15) is 0 Å². The Morgan fingerprint density at radius 2 is 1.64 bits per heavy atom. The Morgan fingerprint density at radius 1 is 1.07 bits per heavy atom. The lowest BCUT2D eigenvalue weighted by atomic mass is 10.1. The molecule has 0 amide bonds. The molecule has 0 saturated carbocycles. The summed E-state index contributed by atoms with van der Waals surface area (Å²) in [5.41, 5.74) is 0.0426. The van der Waals surface area contributed by atoms with Crippen LogP contribution >= 0.6 is 11.8 Å². The van der Waals surface area contributed by atoms with Crippen molar-refractivity contribution in [2.75, 3.05) is 0 Å².